The molecule has 0 radical (unpaired) electrons. The Morgan fingerprint density at radius 3 is 1.76 bits per heavy atom. The first-order valence-electron chi connectivity index (χ1n) is 19.5. The summed E-state index contributed by atoms with van der Waals surface area (Å²) >= 11 is 0. The van der Waals surface area contributed by atoms with Crippen molar-refractivity contribution in [3.05, 3.63) is 239 Å². The maximum Gasteiger partial charge on any atom is 0.0364 e. The minimum absolute atomic E-state index is 0.159. The van der Waals surface area contributed by atoms with E-state index in [4.69, 9.17) is 0 Å². The summed E-state index contributed by atoms with van der Waals surface area (Å²) in [4.78, 5) is 0. The van der Waals surface area contributed by atoms with E-state index >= 15 is 0 Å². The van der Waals surface area contributed by atoms with Crippen LogP contribution < -0.4 is 0 Å². The van der Waals surface area contributed by atoms with Crippen molar-refractivity contribution in [1.29, 1.82) is 0 Å². The van der Waals surface area contributed by atoms with Gasteiger partial charge in [-0.3, -0.25) is 0 Å². The third kappa shape index (κ3) is 4.58. The Hall–Kier alpha value is -6.76. The quantitative estimate of drug-likeness (QED) is 0.172. The SMILES string of the molecule is c1ccc(-c2ccc(C3c4ccccc4-c4cc(-c5ccc6c(c5)-c5ccc7c(c5C6c5cccc6ccccc56)-c5ccccc5C7)ccc43)cc2)cc1. The molecular formula is C55H36. The van der Waals surface area contributed by atoms with Gasteiger partial charge in [0.1, 0.15) is 0 Å². The monoisotopic (exact) mass is 696 g/mol. The second-order valence-corrected chi connectivity index (χ2v) is 15.5. The van der Waals surface area contributed by atoms with E-state index in [9.17, 15) is 0 Å². The molecule has 256 valence electrons. The molecule has 0 bridgehead atoms. The van der Waals surface area contributed by atoms with E-state index in [1.165, 1.54) is 111 Å². The molecule has 0 fully saturated rings. The van der Waals surface area contributed by atoms with E-state index < -0.39 is 0 Å². The van der Waals surface area contributed by atoms with Gasteiger partial charge in [0.25, 0.3) is 0 Å². The van der Waals surface area contributed by atoms with E-state index in [-0.39, 0.29) is 11.8 Å². The third-order valence-electron chi connectivity index (χ3n) is 12.7. The van der Waals surface area contributed by atoms with Gasteiger partial charge in [0.15, 0.2) is 0 Å². The zero-order valence-corrected chi connectivity index (χ0v) is 30.3. The topological polar surface area (TPSA) is 0 Å². The first kappa shape index (κ1) is 30.7. The van der Waals surface area contributed by atoms with Crippen molar-refractivity contribution < 1.29 is 0 Å². The smallest absolute Gasteiger partial charge is 0.0364 e. The van der Waals surface area contributed by atoms with Crippen molar-refractivity contribution in [2.45, 2.75) is 18.3 Å². The van der Waals surface area contributed by atoms with Gasteiger partial charge >= 0.3 is 0 Å². The largest absolute Gasteiger partial charge is 0.0622 e. The minimum Gasteiger partial charge on any atom is -0.0622 e. The zero-order valence-electron chi connectivity index (χ0n) is 30.3. The van der Waals surface area contributed by atoms with Crippen LogP contribution >= 0.6 is 0 Å². The summed E-state index contributed by atoms with van der Waals surface area (Å²) < 4.78 is 0. The molecule has 0 nitrogen and oxygen atoms in total. The predicted octanol–water partition coefficient (Wildman–Crippen LogP) is 14.1. The number of hydrogen-bond acceptors (Lipinski definition) is 0. The first-order chi connectivity index (χ1) is 27.3. The van der Waals surface area contributed by atoms with Crippen LogP contribution in [0.3, 0.4) is 0 Å². The van der Waals surface area contributed by atoms with Crippen LogP contribution in [0, 0.1) is 0 Å². The van der Waals surface area contributed by atoms with Crippen LogP contribution in [0.15, 0.2) is 194 Å². The van der Waals surface area contributed by atoms with Gasteiger partial charge in [0.05, 0.1) is 0 Å². The molecule has 0 saturated heterocycles. The van der Waals surface area contributed by atoms with Crippen molar-refractivity contribution in [2.24, 2.45) is 0 Å². The lowest BCUT2D eigenvalue weighted by Gasteiger charge is -2.20. The highest BCUT2D eigenvalue weighted by atomic mass is 14.4. The Bertz CT molecular complexity index is 3000. The first-order valence-corrected chi connectivity index (χ1v) is 19.5. The van der Waals surface area contributed by atoms with E-state index in [2.05, 4.69) is 194 Å². The van der Waals surface area contributed by atoms with Crippen LogP contribution in [0.25, 0.3) is 66.4 Å². The number of rotatable bonds is 4. The lowest BCUT2D eigenvalue weighted by atomic mass is 9.82. The summed E-state index contributed by atoms with van der Waals surface area (Å²) in [6, 6.07) is 73.0. The minimum atomic E-state index is 0.159. The lowest BCUT2D eigenvalue weighted by molar-refractivity contribution is 1.02. The van der Waals surface area contributed by atoms with E-state index in [0.717, 1.165) is 6.42 Å². The summed E-state index contributed by atoms with van der Waals surface area (Å²) in [6.45, 7) is 0. The average molecular weight is 697 g/mol. The Balaban J connectivity index is 1.000. The number of benzene rings is 9. The normalized spacial score (nSPS) is 15.6. The lowest BCUT2D eigenvalue weighted by Crippen LogP contribution is -2.02. The average Bonchev–Trinajstić information content (AvgIpc) is 3.91. The molecule has 55 heavy (non-hydrogen) atoms. The molecule has 0 heteroatoms. The van der Waals surface area contributed by atoms with Crippen molar-refractivity contribution in [3.63, 3.8) is 0 Å². The van der Waals surface area contributed by atoms with Crippen LogP contribution in [0.5, 0.6) is 0 Å². The van der Waals surface area contributed by atoms with Gasteiger partial charge in [-0.1, -0.05) is 182 Å². The second-order valence-electron chi connectivity index (χ2n) is 15.5. The standard InChI is InChI=1S/C55H36/c1-2-11-34(12-3-1)35-21-23-37(24-22-35)52-46-19-9-8-18-44(46)50-32-38(25-28-47(50)52)39-26-29-48-51(33-39)49-30-27-41-31-40-14-5-7-17-43(40)53(41)55(49)54(48)45-20-10-15-36-13-4-6-16-42(36)45/h1-30,32-33,52,54H,31H2. The van der Waals surface area contributed by atoms with Crippen LogP contribution in [0.4, 0.5) is 0 Å². The van der Waals surface area contributed by atoms with Gasteiger partial charge in [-0.05, 0) is 129 Å². The Labute approximate surface area is 322 Å². The highest BCUT2D eigenvalue weighted by Gasteiger charge is 2.37. The molecule has 0 heterocycles. The third-order valence-corrected chi connectivity index (χ3v) is 12.7. The molecule has 9 aromatic rings. The Morgan fingerprint density at radius 1 is 0.327 bits per heavy atom. The molecule has 0 N–H and O–H groups in total. The predicted molar refractivity (Wildman–Crippen MR) is 229 cm³/mol. The fraction of sp³-hybridized carbons (Fsp3) is 0.0545. The van der Waals surface area contributed by atoms with Crippen LogP contribution in [-0.4, -0.2) is 0 Å². The fourth-order valence-corrected chi connectivity index (χ4v) is 10.2. The molecule has 0 amide bonds. The summed E-state index contributed by atoms with van der Waals surface area (Å²) in [6.07, 6.45) is 0.997. The molecular weight excluding hydrogens is 661 g/mol. The van der Waals surface area contributed by atoms with Gasteiger partial charge in [-0.25, -0.2) is 0 Å². The molecule has 3 aliphatic rings. The molecule has 0 aliphatic heterocycles. The van der Waals surface area contributed by atoms with Crippen molar-refractivity contribution in [2.75, 3.05) is 0 Å². The maximum absolute atomic E-state index is 2.48. The van der Waals surface area contributed by atoms with Crippen LogP contribution in [0.1, 0.15) is 56.3 Å². The van der Waals surface area contributed by atoms with Gasteiger partial charge in [-0.2, -0.15) is 0 Å². The molecule has 0 saturated carbocycles. The Kier molecular flexibility index (Phi) is 6.62. The van der Waals surface area contributed by atoms with Gasteiger partial charge in [0, 0.05) is 11.8 Å². The van der Waals surface area contributed by atoms with Crippen molar-refractivity contribution in [1.82, 2.24) is 0 Å². The maximum atomic E-state index is 2.48. The highest BCUT2D eigenvalue weighted by molar-refractivity contribution is 5.97. The van der Waals surface area contributed by atoms with Gasteiger partial charge in [-0.15, -0.1) is 0 Å². The van der Waals surface area contributed by atoms with Crippen molar-refractivity contribution in [3.8, 4) is 55.6 Å². The fourth-order valence-electron chi connectivity index (χ4n) is 10.2. The number of fused-ring (bicyclic) bond motifs is 11. The molecule has 12 rings (SSSR count). The summed E-state index contributed by atoms with van der Waals surface area (Å²) in [5.74, 6) is 0.371. The van der Waals surface area contributed by atoms with E-state index in [1.54, 1.807) is 0 Å². The molecule has 3 aliphatic carbocycles. The number of hydrogen-bond donors (Lipinski definition) is 0. The highest BCUT2D eigenvalue weighted by Crippen LogP contribution is 2.56. The van der Waals surface area contributed by atoms with Gasteiger partial charge < -0.3 is 0 Å². The molecule has 0 aromatic heterocycles. The molecule has 9 aromatic carbocycles. The summed E-state index contributed by atoms with van der Waals surface area (Å²) in [7, 11) is 0. The summed E-state index contributed by atoms with van der Waals surface area (Å²) in [5, 5.41) is 2.63. The molecule has 2 unspecified atom stereocenters. The second kappa shape index (κ2) is 11.9. The Morgan fingerprint density at radius 2 is 0.927 bits per heavy atom. The molecule has 0 spiro atoms. The van der Waals surface area contributed by atoms with Crippen molar-refractivity contribution >= 4 is 10.8 Å². The summed E-state index contributed by atoms with van der Waals surface area (Å²) in [5.41, 5.74) is 24.5. The van der Waals surface area contributed by atoms with Crippen LogP contribution in [0.2, 0.25) is 0 Å². The zero-order chi connectivity index (χ0) is 36.0. The van der Waals surface area contributed by atoms with E-state index in [0.29, 0.717) is 0 Å². The molecule has 2 atom stereocenters. The van der Waals surface area contributed by atoms with Gasteiger partial charge in [0.2, 0.25) is 0 Å². The van der Waals surface area contributed by atoms with Crippen LogP contribution in [-0.2, 0) is 6.42 Å². The van der Waals surface area contributed by atoms with E-state index in [1.807, 2.05) is 0 Å².